The van der Waals surface area contributed by atoms with Crippen LogP contribution in [0, 0.1) is 11.8 Å². The van der Waals surface area contributed by atoms with Crippen molar-refractivity contribution in [3.8, 4) is 5.75 Å². The zero-order valence-electron chi connectivity index (χ0n) is 12.2. The van der Waals surface area contributed by atoms with Gasteiger partial charge >= 0.3 is 5.97 Å². The Labute approximate surface area is 126 Å². The summed E-state index contributed by atoms with van der Waals surface area (Å²) in [6, 6.07) is 4.40. The summed E-state index contributed by atoms with van der Waals surface area (Å²) in [5.74, 6) is -6.41. The minimum absolute atomic E-state index is 0.0936. The van der Waals surface area contributed by atoms with E-state index < -0.39 is 29.6 Å². The van der Waals surface area contributed by atoms with Gasteiger partial charge in [0.2, 0.25) is 5.91 Å². The van der Waals surface area contributed by atoms with Crippen LogP contribution in [-0.2, 0) is 11.2 Å². The van der Waals surface area contributed by atoms with Crippen molar-refractivity contribution in [3.05, 3.63) is 29.3 Å². The number of carbonyl (C=O) groups excluding carboxylic acids is 1. The number of nitrogens with one attached hydrogen (secondary N) is 1. The maximum atomic E-state index is 13.1. The summed E-state index contributed by atoms with van der Waals surface area (Å²) in [7, 11) is 1.41. The van der Waals surface area contributed by atoms with Crippen LogP contribution < -0.4 is 10.1 Å². The lowest BCUT2D eigenvalue weighted by atomic mass is 10.1. The second-order valence-corrected chi connectivity index (χ2v) is 5.31. The predicted octanol–water partition coefficient (Wildman–Crippen LogP) is 1.95. The fourth-order valence-corrected chi connectivity index (χ4v) is 2.40. The number of hydrogen-bond donors (Lipinski definition) is 2. The van der Waals surface area contributed by atoms with Gasteiger partial charge in [0.05, 0.1) is 12.7 Å². The number of rotatable bonds is 6. The van der Waals surface area contributed by atoms with E-state index in [1.54, 1.807) is 6.07 Å². The second-order valence-electron chi connectivity index (χ2n) is 5.31. The molecule has 22 heavy (non-hydrogen) atoms. The number of halogens is 2. The summed E-state index contributed by atoms with van der Waals surface area (Å²) >= 11 is 0. The minimum Gasteiger partial charge on any atom is -0.496 e. The van der Waals surface area contributed by atoms with Gasteiger partial charge in [0, 0.05) is 12.5 Å². The first-order valence-electron chi connectivity index (χ1n) is 6.84. The number of carbonyl (C=O) groups is 2. The van der Waals surface area contributed by atoms with Gasteiger partial charge in [-0.1, -0.05) is 13.0 Å². The van der Waals surface area contributed by atoms with E-state index in [0.29, 0.717) is 17.7 Å². The van der Waals surface area contributed by atoms with Gasteiger partial charge in [0.15, 0.2) is 0 Å². The first kappa shape index (κ1) is 16.2. The summed E-state index contributed by atoms with van der Waals surface area (Å²) in [5, 5.41) is 11.4. The maximum absolute atomic E-state index is 13.1. The molecule has 120 valence electrons. The van der Waals surface area contributed by atoms with Gasteiger partial charge in [0.25, 0.3) is 5.92 Å². The van der Waals surface area contributed by atoms with Crippen molar-refractivity contribution < 1.29 is 28.2 Å². The molecule has 1 aromatic carbocycles. The number of amides is 1. The fourth-order valence-electron chi connectivity index (χ4n) is 2.40. The van der Waals surface area contributed by atoms with Gasteiger partial charge in [-0.2, -0.15) is 0 Å². The summed E-state index contributed by atoms with van der Waals surface area (Å²) < 4.78 is 31.3. The molecule has 2 atom stereocenters. The molecule has 1 aromatic rings. The Morgan fingerprint density at radius 3 is 2.55 bits per heavy atom. The highest BCUT2D eigenvalue weighted by Gasteiger charge is 2.69. The molecule has 0 aliphatic heterocycles. The highest BCUT2D eigenvalue weighted by Crippen LogP contribution is 2.54. The molecule has 0 bridgehead atoms. The van der Waals surface area contributed by atoms with E-state index >= 15 is 0 Å². The number of alkyl halides is 2. The lowest BCUT2D eigenvalue weighted by molar-refractivity contribution is -0.124. The Kier molecular flexibility index (Phi) is 4.35. The first-order chi connectivity index (χ1) is 10.3. The van der Waals surface area contributed by atoms with Crippen molar-refractivity contribution >= 4 is 11.9 Å². The van der Waals surface area contributed by atoms with Crippen molar-refractivity contribution in [2.45, 2.75) is 19.3 Å². The van der Waals surface area contributed by atoms with Gasteiger partial charge in [0.1, 0.15) is 11.7 Å². The van der Waals surface area contributed by atoms with E-state index in [2.05, 4.69) is 5.32 Å². The molecule has 0 radical (unpaired) electrons. The highest BCUT2D eigenvalue weighted by molar-refractivity contribution is 5.88. The lowest BCUT2D eigenvalue weighted by Crippen LogP contribution is -2.29. The summed E-state index contributed by atoms with van der Waals surface area (Å²) in [6.45, 7) is 1.53. The predicted molar refractivity (Wildman–Crippen MR) is 74.3 cm³/mol. The Morgan fingerprint density at radius 1 is 1.41 bits per heavy atom. The van der Waals surface area contributed by atoms with E-state index in [4.69, 9.17) is 9.84 Å². The lowest BCUT2D eigenvalue weighted by Gasteiger charge is -2.10. The van der Waals surface area contributed by atoms with Crippen molar-refractivity contribution in [1.29, 1.82) is 0 Å². The smallest absolute Gasteiger partial charge is 0.335 e. The van der Waals surface area contributed by atoms with Gasteiger partial charge < -0.3 is 15.2 Å². The van der Waals surface area contributed by atoms with Crippen LogP contribution >= 0.6 is 0 Å². The normalized spacial score (nSPS) is 22.0. The van der Waals surface area contributed by atoms with Gasteiger partial charge in [-0.05, 0) is 24.1 Å². The summed E-state index contributed by atoms with van der Waals surface area (Å²) in [5.41, 5.74) is 0.791. The quantitative estimate of drug-likeness (QED) is 0.842. The van der Waals surface area contributed by atoms with Gasteiger partial charge in [-0.3, -0.25) is 4.79 Å². The van der Waals surface area contributed by atoms with Crippen molar-refractivity contribution in [2.24, 2.45) is 11.8 Å². The molecule has 2 N–H and O–H groups in total. The molecule has 2 rings (SSSR count). The number of carboxylic acid groups (broad SMARTS) is 1. The van der Waals surface area contributed by atoms with E-state index in [-0.39, 0.29) is 12.1 Å². The van der Waals surface area contributed by atoms with Crippen LogP contribution in [0.3, 0.4) is 0 Å². The molecule has 1 saturated carbocycles. The number of methoxy groups -OCH3 is 1. The van der Waals surface area contributed by atoms with Crippen LogP contribution in [0.1, 0.15) is 22.8 Å². The Balaban J connectivity index is 1.92. The summed E-state index contributed by atoms with van der Waals surface area (Å²) in [6.07, 6.45) is 0.363. The molecule has 7 heteroatoms. The molecule has 0 unspecified atom stereocenters. The standard InChI is InChI=1S/C15H17F2NO4/c1-8-12(15(8,16)17)13(19)18-6-5-9-3-4-10(14(20)21)7-11(9)22-2/h3-4,7-8,12H,5-6H2,1-2H3,(H,18,19)(H,20,21)/t8-,12+/m1/s1. The monoisotopic (exact) mass is 313 g/mol. The average Bonchev–Trinajstić information content (AvgIpc) is 2.97. The Morgan fingerprint density at radius 2 is 2.05 bits per heavy atom. The fraction of sp³-hybridized carbons (Fsp3) is 0.467. The average molecular weight is 313 g/mol. The first-order valence-corrected chi connectivity index (χ1v) is 6.84. The van der Waals surface area contributed by atoms with E-state index in [9.17, 15) is 18.4 Å². The third kappa shape index (κ3) is 3.03. The van der Waals surface area contributed by atoms with Gasteiger partial charge in [-0.25, -0.2) is 13.6 Å². The van der Waals surface area contributed by atoms with E-state index in [0.717, 1.165) is 0 Å². The van der Waals surface area contributed by atoms with Gasteiger partial charge in [-0.15, -0.1) is 0 Å². The molecule has 5 nitrogen and oxygen atoms in total. The second kappa shape index (κ2) is 5.90. The zero-order valence-corrected chi connectivity index (χ0v) is 12.2. The Hall–Kier alpha value is -2.18. The number of ether oxygens (including phenoxy) is 1. The molecular weight excluding hydrogens is 296 g/mol. The zero-order chi connectivity index (χ0) is 16.5. The number of hydrogen-bond acceptors (Lipinski definition) is 3. The van der Waals surface area contributed by atoms with Crippen LogP contribution in [0.4, 0.5) is 8.78 Å². The van der Waals surface area contributed by atoms with Crippen LogP contribution in [0.25, 0.3) is 0 Å². The molecule has 0 heterocycles. The molecule has 1 aliphatic carbocycles. The third-order valence-corrected chi connectivity index (χ3v) is 3.92. The topological polar surface area (TPSA) is 75.6 Å². The summed E-state index contributed by atoms with van der Waals surface area (Å²) in [4.78, 5) is 22.5. The van der Waals surface area contributed by atoms with Crippen molar-refractivity contribution in [2.75, 3.05) is 13.7 Å². The largest absolute Gasteiger partial charge is 0.496 e. The van der Waals surface area contributed by atoms with Crippen molar-refractivity contribution in [3.63, 3.8) is 0 Å². The van der Waals surface area contributed by atoms with Crippen LogP contribution in [0.5, 0.6) is 5.75 Å². The SMILES string of the molecule is COc1cc(C(=O)O)ccc1CCNC(=O)[C@@H]1[C@@H](C)C1(F)F. The highest BCUT2D eigenvalue weighted by atomic mass is 19.3. The maximum Gasteiger partial charge on any atom is 0.335 e. The van der Waals surface area contributed by atoms with Crippen LogP contribution in [-0.4, -0.2) is 36.6 Å². The molecule has 0 saturated heterocycles. The minimum atomic E-state index is -2.91. The van der Waals surface area contributed by atoms with Crippen LogP contribution in [0.2, 0.25) is 0 Å². The number of carboxylic acids is 1. The molecular formula is C15H17F2NO4. The Bertz CT molecular complexity index is 603. The third-order valence-electron chi connectivity index (χ3n) is 3.92. The van der Waals surface area contributed by atoms with E-state index in [1.165, 1.54) is 26.2 Å². The van der Waals surface area contributed by atoms with Crippen LogP contribution in [0.15, 0.2) is 18.2 Å². The molecule has 0 spiro atoms. The van der Waals surface area contributed by atoms with Crippen molar-refractivity contribution in [1.82, 2.24) is 5.32 Å². The molecule has 1 aliphatic rings. The molecule has 0 aromatic heterocycles. The molecule has 1 fully saturated rings. The molecule has 1 amide bonds. The number of aromatic carboxylic acids is 1. The van der Waals surface area contributed by atoms with E-state index in [1.807, 2.05) is 0 Å². The number of benzene rings is 1.